The van der Waals surface area contributed by atoms with Crippen molar-refractivity contribution in [2.24, 2.45) is 7.05 Å². The average Bonchev–Trinajstić information content (AvgIpc) is 2.60. The standard InChI is InChI=1S/C13H16ClN3/c1-9-12(14)5-4-6-13(9)15-7-11-8-17(3)16-10(11)2/h4-6,8,15H,7H2,1-3H3. The molecule has 2 rings (SSSR count). The number of anilines is 1. The van der Waals surface area contributed by atoms with Crippen molar-refractivity contribution >= 4 is 17.3 Å². The first kappa shape index (κ1) is 12.0. The highest BCUT2D eigenvalue weighted by Gasteiger charge is 2.05. The maximum Gasteiger partial charge on any atom is 0.0643 e. The molecule has 0 saturated heterocycles. The second kappa shape index (κ2) is 4.80. The molecule has 0 unspecified atom stereocenters. The summed E-state index contributed by atoms with van der Waals surface area (Å²) in [6, 6.07) is 5.89. The van der Waals surface area contributed by atoms with Crippen LogP contribution in [0.5, 0.6) is 0 Å². The summed E-state index contributed by atoms with van der Waals surface area (Å²) in [4.78, 5) is 0. The van der Waals surface area contributed by atoms with Crippen molar-refractivity contribution in [3.63, 3.8) is 0 Å². The fraction of sp³-hybridized carbons (Fsp3) is 0.308. The first-order valence-electron chi connectivity index (χ1n) is 5.56. The number of hydrogen-bond acceptors (Lipinski definition) is 2. The van der Waals surface area contributed by atoms with E-state index < -0.39 is 0 Å². The summed E-state index contributed by atoms with van der Waals surface area (Å²) in [6.07, 6.45) is 2.03. The van der Waals surface area contributed by atoms with E-state index in [0.717, 1.165) is 28.5 Å². The topological polar surface area (TPSA) is 29.9 Å². The van der Waals surface area contributed by atoms with E-state index in [-0.39, 0.29) is 0 Å². The summed E-state index contributed by atoms with van der Waals surface area (Å²) in [6.45, 7) is 4.80. The van der Waals surface area contributed by atoms with Gasteiger partial charge in [0.05, 0.1) is 5.69 Å². The first-order chi connectivity index (χ1) is 8.08. The van der Waals surface area contributed by atoms with Crippen molar-refractivity contribution < 1.29 is 0 Å². The van der Waals surface area contributed by atoms with Crippen LogP contribution in [-0.4, -0.2) is 9.78 Å². The van der Waals surface area contributed by atoms with Crippen LogP contribution in [0.2, 0.25) is 5.02 Å². The van der Waals surface area contributed by atoms with Gasteiger partial charge in [-0.15, -0.1) is 0 Å². The lowest BCUT2D eigenvalue weighted by molar-refractivity contribution is 0.756. The molecule has 0 amide bonds. The molecule has 0 spiro atoms. The molecule has 1 N–H and O–H groups in total. The van der Waals surface area contributed by atoms with Crippen LogP contribution in [0.1, 0.15) is 16.8 Å². The maximum absolute atomic E-state index is 6.07. The summed E-state index contributed by atoms with van der Waals surface area (Å²) >= 11 is 6.07. The third-order valence-corrected chi connectivity index (χ3v) is 3.26. The number of nitrogens with one attached hydrogen (secondary N) is 1. The number of hydrogen-bond donors (Lipinski definition) is 1. The van der Waals surface area contributed by atoms with Crippen LogP contribution < -0.4 is 5.32 Å². The fourth-order valence-corrected chi connectivity index (χ4v) is 1.99. The largest absolute Gasteiger partial charge is 0.381 e. The molecule has 17 heavy (non-hydrogen) atoms. The lowest BCUT2D eigenvalue weighted by atomic mass is 10.2. The minimum Gasteiger partial charge on any atom is -0.381 e. The zero-order chi connectivity index (χ0) is 12.4. The van der Waals surface area contributed by atoms with Gasteiger partial charge in [0.2, 0.25) is 0 Å². The molecule has 0 fully saturated rings. The van der Waals surface area contributed by atoms with E-state index >= 15 is 0 Å². The third-order valence-electron chi connectivity index (χ3n) is 2.85. The molecule has 0 atom stereocenters. The van der Waals surface area contributed by atoms with E-state index in [1.54, 1.807) is 0 Å². The number of benzene rings is 1. The van der Waals surface area contributed by atoms with Crippen LogP contribution in [0.15, 0.2) is 24.4 Å². The van der Waals surface area contributed by atoms with E-state index in [2.05, 4.69) is 10.4 Å². The highest BCUT2D eigenvalue weighted by molar-refractivity contribution is 6.31. The molecule has 4 heteroatoms. The van der Waals surface area contributed by atoms with Crippen LogP contribution in [0.3, 0.4) is 0 Å². The van der Waals surface area contributed by atoms with Crippen molar-refractivity contribution in [3.05, 3.63) is 46.2 Å². The molecule has 0 bridgehead atoms. The van der Waals surface area contributed by atoms with Crippen LogP contribution in [0.25, 0.3) is 0 Å². The van der Waals surface area contributed by atoms with E-state index in [4.69, 9.17) is 11.6 Å². The molecule has 0 aliphatic carbocycles. The van der Waals surface area contributed by atoms with E-state index in [0.29, 0.717) is 0 Å². The van der Waals surface area contributed by atoms with Crippen LogP contribution in [-0.2, 0) is 13.6 Å². The Morgan fingerprint density at radius 1 is 1.35 bits per heavy atom. The minimum atomic E-state index is 0.765. The molecule has 90 valence electrons. The minimum absolute atomic E-state index is 0.765. The van der Waals surface area contributed by atoms with Gasteiger partial charge in [-0.2, -0.15) is 5.10 Å². The van der Waals surface area contributed by atoms with Crippen molar-refractivity contribution in [2.45, 2.75) is 20.4 Å². The van der Waals surface area contributed by atoms with E-state index in [9.17, 15) is 0 Å². The quantitative estimate of drug-likeness (QED) is 0.905. The summed E-state index contributed by atoms with van der Waals surface area (Å²) in [5.41, 5.74) is 4.41. The van der Waals surface area contributed by atoms with Crippen molar-refractivity contribution in [2.75, 3.05) is 5.32 Å². The van der Waals surface area contributed by atoms with E-state index in [1.165, 1.54) is 5.56 Å². The van der Waals surface area contributed by atoms with Gasteiger partial charge in [-0.05, 0) is 31.5 Å². The molecule has 1 aromatic carbocycles. The SMILES string of the molecule is Cc1nn(C)cc1CNc1cccc(Cl)c1C. The zero-order valence-corrected chi connectivity index (χ0v) is 11.0. The highest BCUT2D eigenvalue weighted by atomic mass is 35.5. The first-order valence-corrected chi connectivity index (χ1v) is 5.94. The lowest BCUT2D eigenvalue weighted by Gasteiger charge is -2.09. The summed E-state index contributed by atoms with van der Waals surface area (Å²) in [5.74, 6) is 0. The highest BCUT2D eigenvalue weighted by Crippen LogP contribution is 2.23. The maximum atomic E-state index is 6.07. The Labute approximate surface area is 106 Å². The Hall–Kier alpha value is -1.48. The van der Waals surface area contributed by atoms with Gasteiger partial charge in [-0.25, -0.2) is 0 Å². The normalized spacial score (nSPS) is 10.6. The Bertz CT molecular complexity index is 531. The predicted octanol–water partition coefficient (Wildman–Crippen LogP) is 3.30. The zero-order valence-electron chi connectivity index (χ0n) is 10.3. The van der Waals surface area contributed by atoms with Gasteiger partial charge >= 0.3 is 0 Å². The van der Waals surface area contributed by atoms with E-state index in [1.807, 2.05) is 50.0 Å². The predicted molar refractivity (Wildman–Crippen MR) is 71.5 cm³/mol. The average molecular weight is 250 g/mol. The molecular weight excluding hydrogens is 234 g/mol. The molecule has 0 saturated carbocycles. The molecule has 3 nitrogen and oxygen atoms in total. The van der Waals surface area contributed by atoms with Crippen molar-refractivity contribution in [1.82, 2.24) is 9.78 Å². The second-order valence-corrected chi connectivity index (χ2v) is 4.59. The smallest absolute Gasteiger partial charge is 0.0643 e. The van der Waals surface area contributed by atoms with Crippen LogP contribution in [0, 0.1) is 13.8 Å². The summed E-state index contributed by atoms with van der Waals surface area (Å²) in [5, 5.41) is 8.49. The Morgan fingerprint density at radius 2 is 2.12 bits per heavy atom. The number of aromatic nitrogens is 2. The monoisotopic (exact) mass is 249 g/mol. The summed E-state index contributed by atoms with van der Waals surface area (Å²) in [7, 11) is 1.93. The van der Waals surface area contributed by atoms with Gasteiger partial charge in [0.1, 0.15) is 0 Å². The van der Waals surface area contributed by atoms with Gasteiger partial charge in [0.25, 0.3) is 0 Å². The third kappa shape index (κ3) is 2.61. The van der Waals surface area contributed by atoms with Gasteiger partial charge in [0, 0.05) is 36.1 Å². The number of halogens is 1. The van der Waals surface area contributed by atoms with Gasteiger partial charge in [-0.1, -0.05) is 17.7 Å². The van der Waals surface area contributed by atoms with Gasteiger partial charge in [-0.3, -0.25) is 4.68 Å². The molecule has 2 aromatic rings. The molecular formula is C13H16ClN3. The van der Waals surface area contributed by atoms with Gasteiger partial charge < -0.3 is 5.32 Å². The Morgan fingerprint density at radius 3 is 2.76 bits per heavy atom. The fourth-order valence-electron chi connectivity index (χ4n) is 1.81. The Kier molecular flexibility index (Phi) is 3.38. The number of aryl methyl sites for hydroxylation is 2. The van der Waals surface area contributed by atoms with Crippen LogP contribution in [0.4, 0.5) is 5.69 Å². The lowest BCUT2D eigenvalue weighted by Crippen LogP contribution is -2.01. The molecule has 0 aliphatic heterocycles. The van der Waals surface area contributed by atoms with Gasteiger partial charge in [0.15, 0.2) is 0 Å². The molecule has 1 heterocycles. The summed E-state index contributed by atoms with van der Waals surface area (Å²) < 4.78 is 1.83. The number of rotatable bonds is 3. The Balaban J connectivity index is 2.12. The number of nitrogens with zero attached hydrogens (tertiary/aromatic N) is 2. The molecule has 0 aliphatic rings. The molecule has 1 aromatic heterocycles. The second-order valence-electron chi connectivity index (χ2n) is 4.18. The van der Waals surface area contributed by atoms with Crippen LogP contribution >= 0.6 is 11.6 Å². The van der Waals surface area contributed by atoms with Crippen molar-refractivity contribution in [1.29, 1.82) is 0 Å². The molecule has 0 radical (unpaired) electrons. The van der Waals surface area contributed by atoms with Crippen molar-refractivity contribution in [3.8, 4) is 0 Å².